The molecule has 1 aromatic carbocycles. The summed E-state index contributed by atoms with van der Waals surface area (Å²) < 4.78 is 11.3. The molecule has 1 aliphatic rings. The van der Waals surface area contributed by atoms with Crippen molar-refractivity contribution >= 4 is 34.5 Å². The summed E-state index contributed by atoms with van der Waals surface area (Å²) in [4.78, 5) is 14.8. The number of nitrogens with zero attached hydrogens (tertiary/aromatic N) is 1. The summed E-state index contributed by atoms with van der Waals surface area (Å²) in [6, 6.07) is 5.17. The zero-order valence-electron chi connectivity index (χ0n) is 13.5. The van der Waals surface area contributed by atoms with Crippen molar-refractivity contribution in [2.24, 2.45) is 0 Å². The number of hydrogen-bond acceptors (Lipinski definition) is 5. The first-order chi connectivity index (χ1) is 11.5. The molecule has 2 unspecified atom stereocenters. The molecule has 2 heterocycles. The highest BCUT2D eigenvalue weighted by molar-refractivity contribution is 7.07. The van der Waals surface area contributed by atoms with Crippen LogP contribution in [0.3, 0.4) is 0 Å². The zero-order valence-corrected chi connectivity index (χ0v) is 15.1. The first-order valence-corrected chi connectivity index (χ1v) is 8.91. The van der Waals surface area contributed by atoms with Crippen molar-refractivity contribution in [3.8, 4) is 5.75 Å². The predicted molar refractivity (Wildman–Crippen MR) is 95.9 cm³/mol. The Morgan fingerprint density at radius 1 is 1.46 bits per heavy atom. The number of anilines is 1. The molecule has 1 fully saturated rings. The van der Waals surface area contributed by atoms with Gasteiger partial charge in [0.1, 0.15) is 11.9 Å². The Kier molecular flexibility index (Phi) is 4.99. The maximum atomic E-state index is 13.0. The number of carbonyl (C=O) groups excluding carboxylic acids is 1. The second-order valence-corrected chi connectivity index (χ2v) is 6.96. The van der Waals surface area contributed by atoms with E-state index in [2.05, 4.69) is 0 Å². The van der Waals surface area contributed by atoms with Crippen molar-refractivity contribution in [3.63, 3.8) is 0 Å². The van der Waals surface area contributed by atoms with E-state index in [-0.39, 0.29) is 18.1 Å². The van der Waals surface area contributed by atoms with Crippen LogP contribution in [-0.4, -0.2) is 37.1 Å². The molecule has 24 heavy (non-hydrogen) atoms. The number of halogens is 1. The molecule has 7 heteroatoms. The Morgan fingerprint density at radius 3 is 2.92 bits per heavy atom. The van der Waals surface area contributed by atoms with Crippen molar-refractivity contribution in [3.05, 3.63) is 45.1 Å². The van der Waals surface area contributed by atoms with Crippen molar-refractivity contribution in [2.75, 3.05) is 25.9 Å². The lowest BCUT2D eigenvalue weighted by molar-refractivity contribution is -0.0690. The fourth-order valence-electron chi connectivity index (χ4n) is 2.84. The van der Waals surface area contributed by atoms with Crippen LogP contribution in [-0.2, 0) is 4.74 Å². The molecule has 1 aromatic heterocycles. The second-order valence-electron chi connectivity index (χ2n) is 5.78. The number of carbonyl (C=O) groups is 1. The van der Waals surface area contributed by atoms with E-state index in [1.807, 2.05) is 23.8 Å². The van der Waals surface area contributed by atoms with Crippen LogP contribution in [0.25, 0.3) is 0 Å². The number of rotatable bonds is 3. The summed E-state index contributed by atoms with van der Waals surface area (Å²) in [7, 11) is 1.51. The Morgan fingerprint density at radius 2 is 2.25 bits per heavy atom. The van der Waals surface area contributed by atoms with E-state index in [4.69, 9.17) is 26.8 Å². The molecule has 1 amide bonds. The summed E-state index contributed by atoms with van der Waals surface area (Å²) in [6.07, 6.45) is -0.179. The van der Waals surface area contributed by atoms with Gasteiger partial charge in [-0.05, 0) is 35.4 Å². The zero-order chi connectivity index (χ0) is 17.3. The van der Waals surface area contributed by atoms with E-state index in [9.17, 15) is 4.79 Å². The third kappa shape index (κ3) is 3.36. The van der Waals surface area contributed by atoms with Crippen molar-refractivity contribution in [1.82, 2.24) is 4.90 Å². The molecule has 2 atom stereocenters. The minimum absolute atomic E-state index is 0.0529. The lowest BCUT2D eigenvalue weighted by atomic mass is 10.1. The number of hydrogen-bond donors (Lipinski definition) is 1. The molecule has 2 aromatic rings. The van der Waals surface area contributed by atoms with Gasteiger partial charge < -0.3 is 20.1 Å². The molecular formula is C17H19ClN2O3S. The third-order valence-electron chi connectivity index (χ3n) is 4.01. The van der Waals surface area contributed by atoms with Gasteiger partial charge in [0.05, 0.1) is 36.0 Å². The van der Waals surface area contributed by atoms with Gasteiger partial charge >= 0.3 is 0 Å². The van der Waals surface area contributed by atoms with Crippen molar-refractivity contribution in [1.29, 1.82) is 0 Å². The summed E-state index contributed by atoms with van der Waals surface area (Å²) in [5.41, 5.74) is 7.68. The highest BCUT2D eigenvalue weighted by Gasteiger charge is 2.31. The molecule has 3 rings (SSSR count). The SMILES string of the molecule is COc1cc(N)c(Cl)cc1C(=O)N1CC(C)OC(c2ccsc2)C1. The van der Waals surface area contributed by atoms with E-state index < -0.39 is 0 Å². The smallest absolute Gasteiger partial charge is 0.257 e. The molecule has 2 N–H and O–H groups in total. The Labute approximate surface area is 149 Å². The molecule has 0 bridgehead atoms. The second kappa shape index (κ2) is 7.01. The number of thiophene rings is 1. The molecule has 0 radical (unpaired) electrons. The van der Waals surface area contributed by atoms with Gasteiger partial charge in [-0.15, -0.1) is 0 Å². The molecule has 0 spiro atoms. The molecule has 5 nitrogen and oxygen atoms in total. The maximum Gasteiger partial charge on any atom is 0.257 e. The largest absolute Gasteiger partial charge is 0.496 e. The summed E-state index contributed by atoms with van der Waals surface area (Å²) in [5.74, 6) is 0.289. The normalized spacial score (nSPS) is 20.9. The van der Waals surface area contributed by atoms with Crippen LogP contribution in [0.1, 0.15) is 28.9 Å². The van der Waals surface area contributed by atoms with Crippen molar-refractivity contribution < 1.29 is 14.3 Å². The van der Waals surface area contributed by atoms with Crippen LogP contribution in [0, 0.1) is 0 Å². The predicted octanol–water partition coefficient (Wildman–Crippen LogP) is 3.59. The molecule has 128 valence electrons. The Bertz CT molecular complexity index is 736. The summed E-state index contributed by atoms with van der Waals surface area (Å²) in [6.45, 7) is 2.97. The molecule has 0 aliphatic carbocycles. The first kappa shape index (κ1) is 17.1. The number of amides is 1. The Hall–Kier alpha value is -1.76. The minimum Gasteiger partial charge on any atom is -0.496 e. The molecule has 0 saturated carbocycles. The van der Waals surface area contributed by atoms with Crippen LogP contribution in [0.4, 0.5) is 5.69 Å². The van der Waals surface area contributed by atoms with Crippen molar-refractivity contribution in [2.45, 2.75) is 19.1 Å². The molecular weight excluding hydrogens is 348 g/mol. The van der Waals surface area contributed by atoms with E-state index in [0.717, 1.165) is 5.56 Å². The number of methoxy groups -OCH3 is 1. The van der Waals surface area contributed by atoms with Crippen LogP contribution in [0.5, 0.6) is 5.75 Å². The van der Waals surface area contributed by atoms with Crippen LogP contribution in [0.2, 0.25) is 5.02 Å². The van der Waals surface area contributed by atoms with Gasteiger partial charge in [-0.1, -0.05) is 11.6 Å². The molecule has 1 saturated heterocycles. The van der Waals surface area contributed by atoms with Gasteiger partial charge in [-0.3, -0.25) is 4.79 Å². The van der Waals surface area contributed by atoms with Gasteiger partial charge in [-0.2, -0.15) is 11.3 Å². The average Bonchev–Trinajstić information content (AvgIpc) is 3.10. The van der Waals surface area contributed by atoms with Crippen LogP contribution < -0.4 is 10.5 Å². The fourth-order valence-corrected chi connectivity index (χ4v) is 3.70. The van der Waals surface area contributed by atoms with E-state index in [0.29, 0.717) is 35.1 Å². The number of nitrogen functional groups attached to an aromatic ring is 1. The van der Waals surface area contributed by atoms with E-state index in [1.165, 1.54) is 7.11 Å². The number of ether oxygens (including phenoxy) is 2. The van der Waals surface area contributed by atoms with Gasteiger partial charge in [0.2, 0.25) is 0 Å². The molecule has 1 aliphatic heterocycles. The Balaban J connectivity index is 1.88. The lowest BCUT2D eigenvalue weighted by Crippen LogP contribution is -2.46. The first-order valence-electron chi connectivity index (χ1n) is 7.59. The van der Waals surface area contributed by atoms with Crippen LogP contribution >= 0.6 is 22.9 Å². The van der Waals surface area contributed by atoms with Crippen LogP contribution in [0.15, 0.2) is 29.0 Å². The van der Waals surface area contributed by atoms with E-state index in [1.54, 1.807) is 28.4 Å². The number of nitrogens with two attached hydrogens (primary N) is 1. The van der Waals surface area contributed by atoms with Gasteiger partial charge in [0.25, 0.3) is 5.91 Å². The van der Waals surface area contributed by atoms with E-state index >= 15 is 0 Å². The highest BCUT2D eigenvalue weighted by Crippen LogP contribution is 2.32. The maximum absolute atomic E-state index is 13.0. The van der Waals surface area contributed by atoms with Gasteiger partial charge in [-0.25, -0.2) is 0 Å². The third-order valence-corrected chi connectivity index (χ3v) is 5.04. The average molecular weight is 367 g/mol. The lowest BCUT2D eigenvalue weighted by Gasteiger charge is -2.37. The number of morpholine rings is 1. The highest BCUT2D eigenvalue weighted by atomic mass is 35.5. The summed E-state index contributed by atoms with van der Waals surface area (Å²) in [5, 5.41) is 4.40. The quantitative estimate of drug-likeness (QED) is 0.843. The van der Waals surface area contributed by atoms with Gasteiger partial charge in [0.15, 0.2) is 0 Å². The number of benzene rings is 1. The monoisotopic (exact) mass is 366 g/mol. The minimum atomic E-state index is -0.135. The van der Waals surface area contributed by atoms with Gasteiger partial charge in [0, 0.05) is 12.6 Å². The fraction of sp³-hybridized carbons (Fsp3) is 0.353. The standard InChI is InChI=1S/C17H19ClN2O3S/c1-10-7-20(8-16(23-10)11-3-4-24-9-11)17(21)12-5-13(18)14(19)6-15(12)22-2/h3-6,9-10,16H,7-8,19H2,1-2H3. The topological polar surface area (TPSA) is 64.8 Å². The summed E-state index contributed by atoms with van der Waals surface area (Å²) >= 11 is 7.71.